The Hall–Kier alpha value is -0.660. The van der Waals surface area contributed by atoms with E-state index in [-0.39, 0.29) is 0 Å². The lowest BCUT2D eigenvalue weighted by molar-refractivity contribution is -0.303. The predicted octanol–water partition coefficient (Wildman–Crippen LogP) is -2.87. The van der Waals surface area contributed by atoms with Crippen LogP contribution in [0.15, 0.2) is 0 Å². The third-order valence-corrected chi connectivity index (χ3v) is 2.35. The first-order chi connectivity index (χ1) is 4.86. The third-order valence-electron chi connectivity index (χ3n) is 0.880. The topological polar surface area (TPSA) is 89.5 Å². The number of nitrogens with one attached hydrogen (secondary N) is 1. The van der Waals surface area contributed by atoms with Gasteiger partial charge in [0.2, 0.25) is 0 Å². The molecule has 0 amide bonds. The maximum atomic E-state index is 10.8. The van der Waals surface area contributed by atoms with Gasteiger partial charge in [-0.05, 0) is 0 Å². The van der Waals surface area contributed by atoms with Crippen LogP contribution in [-0.2, 0) is 15.0 Å². The van der Waals surface area contributed by atoms with Crippen molar-refractivity contribution in [3.05, 3.63) is 0 Å². The molecular formula is C4H9N2O4S-. The molecule has 0 radical (unpaired) electrons. The van der Waals surface area contributed by atoms with Gasteiger partial charge in [-0.15, -0.1) is 0 Å². The van der Waals surface area contributed by atoms with Crippen molar-refractivity contribution in [1.29, 1.82) is 0 Å². The number of hydrogen-bond acceptors (Lipinski definition) is 4. The summed E-state index contributed by atoms with van der Waals surface area (Å²) in [5.74, 6) is -1.46. The summed E-state index contributed by atoms with van der Waals surface area (Å²) in [5.41, 5.74) is 0. The molecule has 0 saturated heterocycles. The van der Waals surface area contributed by atoms with Crippen molar-refractivity contribution >= 4 is 16.2 Å². The fourth-order valence-corrected chi connectivity index (χ4v) is 0.838. The molecule has 0 unspecified atom stereocenters. The molecule has 0 heterocycles. The van der Waals surface area contributed by atoms with Gasteiger partial charge < -0.3 is 9.90 Å². The van der Waals surface area contributed by atoms with Crippen molar-refractivity contribution in [1.82, 2.24) is 9.03 Å². The second kappa shape index (κ2) is 3.65. The average molecular weight is 181 g/mol. The van der Waals surface area contributed by atoms with Crippen molar-refractivity contribution in [3.8, 4) is 0 Å². The monoisotopic (exact) mass is 181 g/mol. The molecule has 0 aliphatic rings. The molecule has 0 fully saturated rings. The maximum absolute atomic E-state index is 10.8. The van der Waals surface area contributed by atoms with Crippen LogP contribution < -0.4 is 9.83 Å². The SMILES string of the molecule is CN(C)S(=O)(=O)NCC(=O)[O-]. The number of carbonyl (C=O) groups excluding carboxylic acids is 1. The molecule has 0 bridgehead atoms. The van der Waals surface area contributed by atoms with Gasteiger partial charge in [0.25, 0.3) is 10.2 Å². The summed E-state index contributed by atoms with van der Waals surface area (Å²) in [6.45, 7) is -0.708. The second-order valence-corrected chi connectivity index (χ2v) is 3.95. The second-order valence-electron chi connectivity index (χ2n) is 1.98. The van der Waals surface area contributed by atoms with Gasteiger partial charge in [-0.2, -0.15) is 17.4 Å². The van der Waals surface area contributed by atoms with Gasteiger partial charge in [0.05, 0.1) is 12.5 Å². The molecule has 0 aromatic heterocycles. The van der Waals surface area contributed by atoms with E-state index in [1.54, 1.807) is 4.72 Å². The third kappa shape index (κ3) is 3.91. The molecule has 0 rings (SSSR count). The van der Waals surface area contributed by atoms with Crippen LogP contribution in [0, 0.1) is 0 Å². The molecular weight excluding hydrogens is 172 g/mol. The normalized spacial score (nSPS) is 11.9. The molecule has 0 aliphatic heterocycles. The van der Waals surface area contributed by atoms with Gasteiger partial charge >= 0.3 is 0 Å². The van der Waals surface area contributed by atoms with Crippen LogP contribution in [0.5, 0.6) is 0 Å². The van der Waals surface area contributed by atoms with Gasteiger partial charge in [-0.1, -0.05) is 0 Å². The predicted molar refractivity (Wildman–Crippen MR) is 35.6 cm³/mol. The standard InChI is InChI=1S/C4H10N2O4S/c1-6(2)11(9,10)5-3-4(7)8/h5H,3H2,1-2H3,(H,7,8)/p-1. The van der Waals surface area contributed by atoms with Gasteiger partial charge in [-0.25, -0.2) is 0 Å². The van der Waals surface area contributed by atoms with Crippen LogP contribution in [-0.4, -0.2) is 39.3 Å². The maximum Gasteiger partial charge on any atom is 0.279 e. The number of hydrogen-bond donors (Lipinski definition) is 1. The average Bonchev–Trinajstić information content (AvgIpc) is 1.84. The van der Waals surface area contributed by atoms with Crippen molar-refractivity contribution in [2.75, 3.05) is 20.6 Å². The quantitative estimate of drug-likeness (QED) is 0.505. The Labute approximate surface area is 65.0 Å². The molecule has 0 saturated carbocycles. The molecule has 6 nitrogen and oxygen atoms in total. The van der Waals surface area contributed by atoms with Crippen LogP contribution in [0.3, 0.4) is 0 Å². The summed E-state index contributed by atoms with van der Waals surface area (Å²) in [6, 6.07) is 0. The fourth-order valence-electron chi connectivity index (χ4n) is 0.279. The molecule has 0 aliphatic carbocycles. The van der Waals surface area contributed by atoms with E-state index in [2.05, 4.69) is 0 Å². The highest BCUT2D eigenvalue weighted by Gasteiger charge is 2.10. The Kier molecular flexibility index (Phi) is 3.43. The van der Waals surface area contributed by atoms with E-state index in [0.717, 1.165) is 4.31 Å². The van der Waals surface area contributed by atoms with Gasteiger partial charge in [0.1, 0.15) is 0 Å². The zero-order valence-electron chi connectivity index (χ0n) is 6.20. The fraction of sp³-hybridized carbons (Fsp3) is 0.750. The van der Waals surface area contributed by atoms with Crippen molar-refractivity contribution in [3.63, 3.8) is 0 Å². The van der Waals surface area contributed by atoms with Crippen LogP contribution in [0.1, 0.15) is 0 Å². The number of carboxylic acid groups (broad SMARTS) is 1. The Morgan fingerprint density at radius 1 is 1.55 bits per heavy atom. The summed E-state index contributed by atoms with van der Waals surface area (Å²) < 4.78 is 24.2. The van der Waals surface area contributed by atoms with Crippen LogP contribution in [0.2, 0.25) is 0 Å². The highest BCUT2D eigenvalue weighted by Crippen LogP contribution is 1.85. The molecule has 1 N–H and O–H groups in total. The first-order valence-corrected chi connectivity index (χ1v) is 4.17. The zero-order valence-corrected chi connectivity index (χ0v) is 7.01. The van der Waals surface area contributed by atoms with Gasteiger partial charge in [0.15, 0.2) is 0 Å². The molecule has 0 spiro atoms. The van der Waals surface area contributed by atoms with Gasteiger partial charge in [-0.3, -0.25) is 0 Å². The van der Waals surface area contributed by atoms with E-state index in [1.807, 2.05) is 0 Å². The molecule has 7 heteroatoms. The summed E-state index contributed by atoms with van der Waals surface area (Å²) in [5, 5.41) is 9.81. The summed E-state index contributed by atoms with van der Waals surface area (Å²) in [6.07, 6.45) is 0. The Balaban J connectivity index is 4.05. The van der Waals surface area contributed by atoms with Crippen molar-refractivity contribution in [2.45, 2.75) is 0 Å². The minimum atomic E-state index is -3.63. The first-order valence-electron chi connectivity index (χ1n) is 2.73. The summed E-state index contributed by atoms with van der Waals surface area (Å²) in [7, 11) is -1.05. The minimum Gasteiger partial charge on any atom is -0.549 e. The van der Waals surface area contributed by atoms with E-state index < -0.39 is 22.7 Å². The molecule has 0 atom stereocenters. The van der Waals surface area contributed by atoms with Crippen LogP contribution in [0.4, 0.5) is 0 Å². The largest absolute Gasteiger partial charge is 0.549 e. The molecule has 0 aromatic rings. The summed E-state index contributed by atoms with van der Waals surface area (Å²) in [4.78, 5) is 9.81. The lowest BCUT2D eigenvalue weighted by Crippen LogP contribution is -2.42. The van der Waals surface area contributed by atoms with Gasteiger partial charge in [0, 0.05) is 14.1 Å². The minimum absolute atomic E-state index is 0.708. The Bertz CT molecular complexity index is 232. The number of nitrogens with zero attached hydrogens (tertiary/aromatic N) is 1. The van der Waals surface area contributed by atoms with E-state index in [1.165, 1.54) is 14.1 Å². The smallest absolute Gasteiger partial charge is 0.279 e. The number of carboxylic acids is 1. The highest BCUT2D eigenvalue weighted by molar-refractivity contribution is 7.87. The highest BCUT2D eigenvalue weighted by atomic mass is 32.2. The van der Waals surface area contributed by atoms with E-state index >= 15 is 0 Å². The molecule has 11 heavy (non-hydrogen) atoms. The number of aliphatic carboxylic acids is 1. The lowest BCUT2D eigenvalue weighted by Gasteiger charge is -2.11. The first kappa shape index (κ1) is 10.3. The van der Waals surface area contributed by atoms with Crippen LogP contribution in [0.25, 0.3) is 0 Å². The lowest BCUT2D eigenvalue weighted by atomic mass is 10.7. The van der Waals surface area contributed by atoms with E-state index in [9.17, 15) is 18.3 Å². The van der Waals surface area contributed by atoms with E-state index in [4.69, 9.17) is 0 Å². The Morgan fingerprint density at radius 3 is 2.27 bits per heavy atom. The van der Waals surface area contributed by atoms with Crippen molar-refractivity contribution < 1.29 is 18.3 Å². The van der Waals surface area contributed by atoms with Crippen molar-refractivity contribution in [2.24, 2.45) is 0 Å². The van der Waals surface area contributed by atoms with E-state index in [0.29, 0.717) is 0 Å². The zero-order chi connectivity index (χ0) is 9.07. The molecule has 66 valence electrons. The van der Waals surface area contributed by atoms with Crippen LogP contribution >= 0.6 is 0 Å². The number of rotatable bonds is 4. The number of carbonyl (C=O) groups is 1. The summed E-state index contributed by atoms with van der Waals surface area (Å²) >= 11 is 0. The molecule has 0 aromatic carbocycles. The Morgan fingerprint density at radius 2 is 2.00 bits per heavy atom.